The first-order valence-electron chi connectivity index (χ1n) is 4.53. The van der Waals surface area contributed by atoms with E-state index in [0.717, 1.165) is 0 Å². The number of halogens is 2. The maximum absolute atomic E-state index is 13.0. The molecule has 78 valence electrons. The van der Waals surface area contributed by atoms with E-state index in [9.17, 15) is 13.9 Å². The van der Waals surface area contributed by atoms with Gasteiger partial charge >= 0.3 is 0 Å². The third-order valence-electron chi connectivity index (χ3n) is 2.73. The molecule has 1 aromatic rings. The molecule has 1 aliphatic rings. The maximum atomic E-state index is 13.0. The van der Waals surface area contributed by atoms with Crippen LogP contribution >= 0.6 is 0 Å². The van der Waals surface area contributed by atoms with Crippen molar-refractivity contribution < 1.29 is 13.9 Å². The van der Waals surface area contributed by atoms with Gasteiger partial charge in [-0.1, -0.05) is 0 Å². The Bertz CT molecular complexity index is 337. The van der Waals surface area contributed by atoms with Crippen LogP contribution in [0, 0.1) is 0 Å². The number of aliphatic hydroxyl groups excluding tert-OH is 1. The molecule has 0 aliphatic heterocycles. The van der Waals surface area contributed by atoms with Crippen molar-refractivity contribution in [2.75, 3.05) is 0 Å². The Morgan fingerprint density at radius 3 is 2.71 bits per heavy atom. The highest BCUT2D eigenvalue weighted by molar-refractivity contribution is 5.14. The third-order valence-corrected chi connectivity index (χ3v) is 2.73. The van der Waals surface area contributed by atoms with E-state index < -0.39 is 24.4 Å². The average Bonchev–Trinajstić information content (AvgIpc) is 2.55. The van der Waals surface area contributed by atoms with Gasteiger partial charge in [0, 0.05) is 37.7 Å². The van der Waals surface area contributed by atoms with Gasteiger partial charge in [-0.2, -0.15) is 5.10 Å². The second-order valence-electron chi connectivity index (χ2n) is 3.82. The smallest absolute Gasteiger partial charge is 0.251 e. The molecule has 0 unspecified atom stereocenters. The van der Waals surface area contributed by atoms with Gasteiger partial charge in [0.2, 0.25) is 0 Å². The monoisotopic (exact) mass is 202 g/mol. The second-order valence-corrected chi connectivity index (χ2v) is 3.82. The summed E-state index contributed by atoms with van der Waals surface area (Å²) in [4.78, 5) is 0. The fraction of sp³-hybridized carbons (Fsp3) is 0.667. The van der Waals surface area contributed by atoms with Crippen LogP contribution in [0.2, 0.25) is 0 Å². The average molecular weight is 202 g/mol. The molecule has 14 heavy (non-hydrogen) atoms. The first kappa shape index (κ1) is 9.58. The molecule has 0 spiro atoms. The van der Waals surface area contributed by atoms with Gasteiger partial charge in [0.25, 0.3) is 5.92 Å². The number of hydrogen-bond acceptors (Lipinski definition) is 2. The highest BCUT2D eigenvalue weighted by atomic mass is 19.3. The van der Waals surface area contributed by atoms with Gasteiger partial charge in [-0.25, -0.2) is 8.78 Å². The molecule has 1 N–H and O–H groups in total. The first-order valence-corrected chi connectivity index (χ1v) is 4.53. The van der Waals surface area contributed by atoms with Crippen LogP contribution in [0.1, 0.15) is 24.5 Å². The molecule has 3 nitrogen and oxygen atoms in total. The lowest BCUT2D eigenvalue weighted by atomic mass is 10.0. The summed E-state index contributed by atoms with van der Waals surface area (Å²) in [6.07, 6.45) is -0.130. The van der Waals surface area contributed by atoms with E-state index in [2.05, 4.69) is 5.10 Å². The second kappa shape index (κ2) is 3.02. The van der Waals surface area contributed by atoms with Crippen LogP contribution in [0.15, 0.2) is 12.3 Å². The van der Waals surface area contributed by atoms with Gasteiger partial charge < -0.3 is 5.11 Å². The Morgan fingerprint density at radius 2 is 2.29 bits per heavy atom. The van der Waals surface area contributed by atoms with Gasteiger partial charge in [-0.3, -0.25) is 4.68 Å². The van der Waals surface area contributed by atoms with Crippen molar-refractivity contribution in [3.63, 3.8) is 0 Å². The standard InChI is InChI=1S/C9H12F2N2O/c1-13-7(2-3-12-13)6-4-9(10,11)5-8(6)14/h2-3,6,8,14H,4-5H2,1H3/t6-,8+/m1/s1. The SMILES string of the molecule is Cn1nccc1[C@H]1CC(F)(F)C[C@@H]1O. The number of aromatic nitrogens is 2. The minimum Gasteiger partial charge on any atom is -0.392 e. The fourth-order valence-corrected chi connectivity index (χ4v) is 2.04. The van der Waals surface area contributed by atoms with Gasteiger partial charge in [0.05, 0.1) is 6.10 Å². The van der Waals surface area contributed by atoms with E-state index in [0.29, 0.717) is 5.69 Å². The van der Waals surface area contributed by atoms with Gasteiger partial charge in [0.1, 0.15) is 0 Å². The number of aliphatic hydroxyl groups is 1. The molecule has 0 amide bonds. The first-order chi connectivity index (χ1) is 6.49. The zero-order valence-corrected chi connectivity index (χ0v) is 7.82. The number of rotatable bonds is 1. The van der Waals surface area contributed by atoms with Crippen molar-refractivity contribution in [2.45, 2.75) is 30.8 Å². The Morgan fingerprint density at radius 1 is 1.57 bits per heavy atom. The van der Waals surface area contributed by atoms with Crippen LogP contribution < -0.4 is 0 Å². The molecule has 1 fully saturated rings. The number of alkyl halides is 2. The molecular weight excluding hydrogens is 190 g/mol. The highest BCUT2D eigenvalue weighted by Crippen LogP contribution is 2.44. The van der Waals surface area contributed by atoms with E-state index in [1.165, 1.54) is 4.68 Å². The lowest BCUT2D eigenvalue weighted by Gasteiger charge is -2.13. The zero-order valence-electron chi connectivity index (χ0n) is 7.82. The Balaban J connectivity index is 2.25. The summed E-state index contributed by atoms with van der Waals surface area (Å²) < 4.78 is 27.5. The summed E-state index contributed by atoms with van der Waals surface area (Å²) in [5, 5.41) is 13.4. The molecule has 0 bridgehead atoms. The lowest BCUT2D eigenvalue weighted by Crippen LogP contribution is -2.14. The highest BCUT2D eigenvalue weighted by Gasteiger charge is 2.47. The van der Waals surface area contributed by atoms with Crippen molar-refractivity contribution >= 4 is 0 Å². The normalized spacial score (nSPS) is 30.9. The van der Waals surface area contributed by atoms with Crippen LogP contribution in [0.4, 0.5) is 8.78 Å². The topological polar surface area (TPSA) is 38.0 Å². The Kier molecular flexibility index (Phi) is 2.06. The van der Waals surface area contributed by atoms with Crippen molar-refractivity contribution in [2.24, 2.45) is 7.05 Å². The lowest BCUT2D eigenvalue weighted by molar-refractivity contribution is -0.00360. The van der Waals surface area contributed by atoms with Crippen LogP contribution in [-0.4, -0.2) is 26.9 Å². The molecule has 1 saturated carbocycles. The summed E-state index contributed by atoms with van der Waals surface area (Å²) in [6, 6.07) is 1.68. The van der Waals surface area contributed by atoms with E-state index in [1.54, 1.807) is 19.3 Å². The molecule has 1 aromatic heterocycles. The van der Waals surface area contributed by atoms with Crippen molar-refractivity contribution in [1.82, 2.24) is 9.78 Å². The molecule has 2 rings (SSSR count). The number of hydrogen-bond donors (Lipinski definition) is 1. The molecule has 0 radical (unpaired) electrons. The van der Waals surface area contributed by atoms with Crippen molar-refractivity contribution in [1.29, 1.82) is 0 Å². The summed E-state index contributed by atoms with van der Waals surface area (Å²) >= 11 is 0. The minimum atomic E-state index is -2.74. The van der Waals surface area contributed by atoms with Crippen LogP contribution in [0.3, 0.4) is 0 Å². The zero-order chi connectivity index (χ0) is 10.3. The molecule has 0 aromatic carbocycles. The van der Waals surface area contributed by atoms with Gasteiger partial charge in [0.15, 0.2) is 0 Å². The number of aryl methyl sites for hydroxylation is 1. The third kappa shape index (κ3) is 1.52. The summed E-state index contributed by atoms with van der Waals surface area (Å²) in [5.74, 6) is -3.23. The molecule has 1 aliphatic carbocycles. The van der Waals surface area contributed by atoms with Crippen LogP contribution in [0.25, 0.3) is 0 Å². The number of nitrogens with zero attached hydrogens (tertiary/aromatic N) is 2. The summed E-state index contributed by atoms with van der Waals surface area (Å²) in [7, 11) is 1.69. The predicted octanol–water partition coefficient (Wildman–Crippen LogP) is 1.29. The van der Waals surface area contributed by atoms with Crippen LogP contribution in [0.5, 0.6) is 0 Å². The van der Waals surface area contributed by atoms with Crippen molar-refractivity contribution in [3.8, 4) is 0 Å². The summed E-state index contributed by atoms with van der Waals surface area (Å²) in [6.45, 7) is 0. The predicted molar refractivity (Wildman–Crippen MR) is 46.1 cm³/mol. The molecule has 2 atom stereocenters. The maximum Gasteiger partial charge on any atom is 0.251 e. The molecule has 1 heterocycles. The fourth-order valence-electron chi connectivity index (χ4n) is 2.04. The Labute approximate surface area is 80.3 Å². The molecule has 0 saturated heterocycles. The summed E-state index contributed by atoms with van der Waals surface area (Å²) in [5.41, 5.74) is 0.676. The minimum absolute atomic E-state index is 0.284. The van der Waals surface area contributed by atoms with E-state index in [-0.39, 0.29) is 6.42 Å². The Hall–Kier alpha value is -0.970. The van der Waals surface area contributed by atoms with Crippen molar-refractivity contribution in [3.05, 3.63) is 18.0 Å². The van der Waals surface area contributed by atoms with E-state index >= 15 is 0 Å². The largest absolute Gasteiger partial charge is 0.392 e. The molecule has 5 heteroatoms. The van der Waals surface area contributed by atoms with E-state index in [4.69, 9.17) is 0 Å². The van der Waals surface area contributed by atoms with Gasteiger partial charge in [-0.15, -0.1) is 0 Å². The quantitative estimate of drug-likeness (QED) is 0.745. The van der Waals surface area contributed by atoms with E-state index in [1.807, 2.05) is 0 Å². The van der Waals surface area contributed by atoms with Crippen LogP contribution in [-0.2, 0) is 7.05 Å². The molecular formula is C9H12F2N2O. The van der Waals surface area contributed by atoms with Gasteiger partial charge in [-0.05, 0) is 6.07 Å².